The van der Waals surface area contributed by atoms with Crippen LogP contribution in [0.4, 0.5) is 5.00 Å². The summed E-state index contributed by atoms with van der Waals surface area (Å²) in [6.07, 6.45) is 9.25. The van der Waals surface area contributed by atoms with Crippen LogP contribution in [-0.2, 0) is 17.6 Å². The van der Waals surface area contributed by atoms with Gasteiger partial charge < -0.3 is 5.32 Å². The monoisotopic (exact) mass is 399 g/mol. The van der Waals surface area contributed by atoms with Gasteiger partial charge in [-0.1, -0.05) is 43.2 Å². The fourth-order valence-corrected chi connectivity index (χ4v) is 6.47. The van der Waals surface area contributed by atoms with Gasteiger partial charge in [-0.05, 0) is 44.1 Å². The molecule has 3 nitrogen and oxygen atoms in total. The Morgan fingerprint density at radius 1 is 1.04 bits per heavy atom. The summed E-state index contributed by atoms with van der Waals surface area (Å²) in [7, 11) is 0. The Balaban J connectivity index is 1.55. The van der Waals surface area contributed by atoms with Gasteiger partial charge in [0.25, 0.3) is 0 Å². The average molecular weight is 400 g/mol. The van der Waals surface area contributed by atoms with Crippen LogP contribution in [0.1, 0.15) is 64.9 Å². The lowest BCUT2D eigenvalue weighted by atomic mass is 9.92. The molecule has 2 aliphatic rings. The average Bonchev–Trinajstić information content (AvgIpc) is 3.34. The van der Waals surface area contributed by atoms with Gasteiger partial charge in [-0.3, -0.25) is 9.59 Å². The van der Waals surface area contributed by atoms with E-state index in [1.54, 1.807) is 23.1 Å². The van der Waals surface area contributed by atoms with E-state index in [4.69, 9.17) is 0 Å². The smallest absolute Gasteiger partial charge is 0.234 e. The quantitative estimate of drug-likeness (QED) is 0.655. The molecule has 1 aromatic heterocycles. The molecule has 1 saturated carbocycles. The Hall–Kier alpha value is -1.59. The Morgan fingerprint density at radius 3 is 2.56 bits per heavy atom. The zero-order valence-electron chi connectivity index (χ0n) is 15.5. The summed E-state index contributed by atoms with van der Waals surface area (Å²) < 4.78 is 0. The van der Waals surface area contributed by atoms with Gasteiger partial charge in [0.1, 0.15) is 5.00 Å². The summed E-state index contributed by atoms with van der Waals surface area (Å²) in [6, 6.07) is 9.42. The van der Waals surface area contributed by atoms with Crippen LogP contribution in [0.2, 0.25) is 0 Å². The number of carbonyl (C=O) groups excluding carboxylic acids is 2. The highest BCUT2D eigenvalue weighted by Gasteiger charge is 2.27. The summed E-state index contributed by atoms with van der Waals surface area (Å²) in [4.78, 5) is 27.0. The normalized spacial score (nSPS) is 16.9. The van der Waals surface area contributed by atoms with Crippen LogP contribution in [0.3, 0.4) is 0 Å². The number of thiophene rings is 1. The van der Waals surface area contributed by atoms with Gasteiger partial charge in [-0.25, -0.2) is 0 Å². The van der Waals surface area contributed by atoms with Crippen LogP contribution in [0.15, 0.2) is 30.3 Å². The zero-order valence-corrected chi connectivity index (χ0v) is 17.1. The first-order chi connectivity index (χ1) is 13.2. The lowest BCUT2D eigenvalue weighted by molar-refractivity contribution is -0.113. The molecule has 0 atom stereocenters. The molecule has 0 saturated heterocycles. The highest BCUT2D eigenvalue weighted by Crippen LogP contribution is 2.39. The number of fused-ring (bicyclic) bond motifs is 1. The van der Waals surface area contributed by atoms with Gasteiger partial charge in [0.05, 0.1) is 11.3 Å². The lowest BCUT2D eigenvalue weighted by Gasteiger charge is -2.13. The molecular formula is C22H25NO2S2. The first-order valence-corrected chi connectivity index (χ1v) is 11.7. The van der Waals surface area contributed by atoms with Crippen molar-refractivity contribution >= 4 is 39.8 Å². The van der Waals surface area contributed by atoms with Gasteiger partial charge in [0, 0.05) is 15.7 Å². The second-order valence-corrected chi connectivity index (χ2v) is 9.77. The van der Waals surface area contributed by atoms with E-state index in [1.807, 2.05) is 30.3 Å². The number of nitrogens with one attached hydrogen (secondary N) is 1. The van der Waals surface area contributed by atoms with E-state index in [1.165, 1.54) is 36.1 Å². The van der Waals surface area contributed by atoms with Crippen molar-refractivity contribution in [2.75, 3.05) is 11.1 Å². The minimum atomic E-state index is 0.0209. The standard InChI is InChI=1S/C22H25NO2S2/c24-19(14-26-16-10-4-5-11-16)23-22-20(17-12-6-7-13-18(17)27-22)21(25)15-8-2-1-3-9-15/h1-3,8-9,16H,4-7,10-14H2,(H,23,24). The van der Waals surface area contributed by atoms with Gasteiger partial charge >= 0.3 is 0 Å². The number of thioether (sulfide) groups is 1. The number of carbonyl (C=O) groups is 2. The number of anilines is 1. The molecule has 2 aromatic rings. The van der Waals surface area contributed by atoms with E-state index in [0.717, 1.165) is 36.2 Å². The molecule has 0 aliphatic heterocycles. The summed E-state index contributed by atoms with van der Waals surface area (Å²) in [5.74, 6) is 0.535. The highest BCUT2D eigenvalue weighted by molar-refractivity contribution is 8.00. The maximum absolute atomic E-state index is 13.2. The van der Waals surface area contributed by atoms with Crippen molar-refractivity contribution in [2.24, 2.45) is 0 Å². The van der Waals surface area contributed by atoms with Crippen LogP contribution in [0, 0.1) is 0 Å². The fraction of sp³-hybridized carbons (Fsp3) is 0.455. The Bertz CT molecular complexity index is 822. The van der Waals surface area contributed by atoms with Crippen molar-refractivity contribution in [1.29, 1.82) is 0 Å². The van der Waals surface area contributed by atoms with Crippen molar-refractivity contribution < 1.29 is 9.59 Å². The molecule has 1 N–H and O–H groups in total. The third-order valence-electron chi connectivity index (χ3n) is 5.44. The zero-order chi connectivity index (χ0) is 18.6. The molecule has 1 heterocycles. The van der Waals surface area contributed by atoms with Crippen molar-refractivity contribution in [3.63, 3.8) is 0 Å². The van der Waals surface area contributed by atoms with E-state index >= 15 is 0 Å². The molecule has 1 aromatic carbocycles. The van der Waals surface area contributed by atoms with Crippen molar-refractivity contribution in [3.8, 4) is 0 Å². The topological polar surface area (TPSA) is 46.2 Å². The molecule has 0 bridgehead atoms. The first kappa shape index (κ1) is 18.8. The van der Waals surface area contributed by atoms with Crippen LogP contribution < -0.4 is 5.32 Å². The van der Waals surface area contributed by atoms with Gasteiger partial charge in [-0.2, -0.15) is 0 Å². The predicted octanol–water partition coefficient (Wildman–Crippen LogP) is 5.47. The number of hydrogen-bond acceptors (Lipinski definition) is 4. The van der Waals surface area contributed by atoms with Crippen molar-refractivity contribution in [3.05, 3.63) is 51.9 Å². The Kier molecular flexibility index (Phi) is 5.98. The van der Waals surface area contributed by atoms with E-state index in [2.05, 4.69) is 5.32 Å². The molecule has 5 heteroatoms. The van der Waals surface area contributed by atoms with E-state index < -0.39 is 0 Å². The van der Waals surface area contributed by atoms with E-state index in [-0.39, 0.29) is 11.7 Å². The second-order valence-electron chi connectivity index (χ2n) is 7.38. The molecule has 1 fully saturated rings. The van der Waals surface area contributed by atoms with Crippen LogP contribution in [0.25, 0.3) is 0 Å². The number of hydrogen-bond donors (Lipinski definition) is 1. The molecule has 0 spiro atoms. The number of benzene rings is 1. The lowest BCUT2D eigenvalue weighted by Crippen LogP contribution is -2.17. The summed E-state index contributed by atoms with van der Waals surface area (Å²) >= 11 is 3.37. The number of rotatable bonds is 6. The van der Waals surface area contributed by atoms with Gasteiger partial charge in [0.15, 0.2) is 5.78 Å². The minimum Gasteiger partial charge on any atom is -0.316 e. The maximum atomic E-state index is 13.2. The predicted molar refractivity (Wildman–Crippen MR) is 114 cm³/mol. The number of aryl methyl sites for hydroxylation is 1. The Labute approximate surface area is 168 Å². The van der Waals surface area contributed by atoms with Crippen molar-refractivity contribution in [2.45, 2.75) is 56.6 Å². The third kappa shape index (κ3) is 4.30. The number of ketones is 1. The molecule has 27 heavy (non-hydrogen) atoms. The second kappa shape index (κ2) is 8.61. The van der Waals surface area contributed by atoms with Crippen LogP contribution >= 0.6 is 23.1 Å². The maximum Gasteiger partial charge on any atom is 0.234 e. The summed E-state index contributed by atoms with van der Waals surface area (Å²) in [5.41, 5.74) is 2.60. The largest absolute Gasteiger partial charge is 0.316 e. The molecule has 0 radical (unpaired) electrons. The highest BCUT2D eigenvalue weighted by atomic mass is 32.2. The van der Waals surface area contributed by atoms with Crippen LogP contribution in [0.5, 0.6) is 0 Å². The molecule has 0 unspecified atom stereocenters. The van der Waals surface area contributed by atoms with E-state index in [9.17, 15) is 9.59 Å². The van der Waals surface area contributed by atoms with Gasteiger partial charge in [-0.15, -0.1) is 23.1 Å². The first-order valence-electron chi connectivity index (χ1n) is 9.88. The summed E-state index contributed by atoms with van der Waals surface area (Å²) in [6.45, 7) is 0. The summed E-state index contributed by atoms with van der Waals surface area (Å²) in [5, 5.41) is 4.46. The number of amides is 1. The molecule has 2 aliphatic carbocycles. The Morgan fingerprint density at radius 2 is 1.78 bits per heavy atom. The SMILES string of the molecule is O=C(CSC1CCCC1)Nc1sc2c(c1C(=O)c1ccccc1)CCCC2. The van der Waals surface area contributed by atoms with E-state index in [0.29, 0.717) is 16.6 Å². The van der Waals surface area contributed by atoms with Crippen LogP contribution in [-0.4, -0.2) is 22.7 Å². The minimum absolute atomic E-state index is 0.0209. The fourth-order valence-electron chi connectivity index (χ4n) is 4.04. The molecule has 142 valence electrons. The van der Waals surface area contributed by atoms with Gasteiger partial charge in [0.2, 0.25) is 5.91 Å². The molecular weight excluding hydrogens is 374 g/mol. The third-order valence-corrected chi connectivity index (χ3v) is 8.02. The molecule has 4 rings (SSSR count). The van der Waals surface area contributed by atoms with Crippen molar-refractivity contribution in [1.82, 2.24) is 0 Å². The molecule has 1 amide bonds.